The molecule has 0 aromatic heterocycles. The van der Waals surface area contributed by atoms with Gasteiger partial charge < -0.3 is 64.2 Å². The molecule has 14 nitrogen and oxygen atoms in total. The standard InChI is InChI=1S/C71H116O14/c1-3-5-7-9-11-13-15-17-19-21-23-25-27-29-31-33-35-37-39-41-43-45-47-49-51-53-55-80-57-60(58-81-70-69(79)67(77)65(75)62(85-70)59-82-71-68(78)66(76)64(74)61(56-72)84-71)83-63(73)54-52-50-48-46-44-42-40-38-36-34-32-30-28-26-24-22-20-18-16-14-12-10-8-6-4-2/h5-8,11-14,17-20,23-26,30,32,36,38,42,44,60-62,64-72,74-79H,3-4,9-10,15-16,21-22,27-29,31,33-35,37,39-41,43,45-59H2,1-2H3/b7-5-,8-6-,13-11-,14-12-,19-17-,20-18-,25-23-,26-24-,32-30-,38-36-,44-42-. The molecule has 7 N–H and O–H groups in total. The average molecular weight is 1190 g/mol. The molecule has 0 aliphatic carbocycles. The molecule has 484 valence electrons. The maximum atomic E-state index is 13.1. The summed E-state index contributed by atoms with van der Waals surface area (Å²) in [7, 11) is 0. The lowest BCUT2D eigenvalue weighted by molar-refractivity contribution is -0.332. The molecule has 0 aromatic rings. The Bertz CT molecular complexity index is 1920. The quantitative estimate of drug-likeness (QED) is 0.0172. The number of allylic oxidation sites excluding steroid dienone is 22. The van der Waals surface area contributed by atoms with Crippen LogP contribution in [0.5, 0.6) is 0 Å². The Hall–Kier alpha value is -3.87. The van der Waals surface area contributed by atoms with Crippen LogP contribution in [0, 0.1) is 0 Å². The number of aliphatic hydroxyl groups is 7. The predicted octanol–water partition coefficient (Wildman–Crippen LogP) is 13.4. The summed E-state index contributed by atoms with van der Waals surface area (Å²) in [6.45, 7) is 3.41. The second kappa shape index (κ2) is 55.4. The summed E-state index contributed by atoms with van der Waals surface area (Å²) in [5, 5.41) is 72.6. The molecular formula is C71H116O14. The molecule has 11 unspecified atom stereocenters. The number of hydrogen-bond acceptors (Lipinski definition) is 14. The lowest BCUT2D eigenvalue weighted by Gasteiger charge is -2.42. The maximum Gasteiger partial charge on any atom is 0.306 e. The lowest BCUT2D eigenvalue weighted by Crippen LogP contribution is -2.61. The van der Waals surface area contributed by atoms with Crippen LogP contribution in [0.15, 0.2) is 134 Å². The van der Waals surface area contributed by atoms with E-state index in [1.165, 1.54) is 70.6 Å². The van der Waals surface area contributed by atoms with E-state index in [1.807, 2.05) is 0 Å². The van der Waals surface area contributed by atoms with E-state index in [0.29, 0.717) is 13.0 Å². The molecule has 11 atom stereocenters. The molecule has 2 rings (SSSR count). The van der Waals surface area contributed by atoms with Gasteiger partial charge in [0.1, 0.15) is 54.9 Å². The van der Waals surface area contributed by atoms with Crippen LogP contribution in [-0.2, 0) is 33.2 Å². The van der Waals surface area contributed by atoms with E-state index in [9.17, 15) is 40.5 Å². The molecule has 2 heterocycles. The van der Waals surface area contributed by atoms with Gasteiger partial charge in [0, 0.05) is 13.0 Å². The second-order valence-corrected chi connectivity index (χ2v) is 22.2. The molecule has 0 saturated carbocycles. The van der Waals surface area contributed by atoms with Gasteiger partial charge in [0.05, 0.1) is 26.4 Å². The van der Waals surface area contributed by atoms with Crippen molar-refractivity contribution in [2.75, 3.05) is 33.0 Å². The minimum Gasteiger partial charge on any atom is -0.457 e. The van der Waals surface area contributed by atoms with Crippen molar-refractivity contribution in [3.63, 3.8) is 0 Å². The molecule has 0 spiro atoms. The van der Waals surface area contributed by atoms with Crippen LogP contribution in [0.2, 0.25) is 0 Å². The van der Waals surface area contributed by atoms with Gasteiger partial charge >= 0.3 is 5.97 Å². The fourth-order valence-electron chi connectivity index (χ4n) is 9.49. The Kier molecular flexibility index (Phi) is 50.4. The van der Waals surface area contributed by atoms with E-state index in [4.69, 9.17) is 28.4 Å². The number of aliphatic hydroxyl groups excluding tert-OH is 7. The number of hydrogen-bond donors (Lipinski definition) is 7. The zero-order valence-electron chi connectivity index (χ0n) is 52.3. The van der Waals surface area contributed by atoms with Crippen molar-refractivity contribution in [3.05, 3.63) is 134 Å². The third-order valence-electron chi connectivity index (χ3n) is 14.7. The van der Waals surface area contributed by atoms with E-state index in [1.54, 1.807) is 0 Å². The van der Waals surface area contributed by atoms with E-state index >= 15 is 0 Å². The third kappa shape index (κ3) is 41.1. The van der Waals surface area contributed by atoms with E-state index in [0.717, 1.165) is 109 Å². The molecule has 0 radical (unpaired) electrons. The van der Waals surface area contributed by atoms with Gasteiger partial charge in [0.15, 0.2) is 12.6 Å². The molecule has 0 amide bonds. The van der Waals surface area contributed by atoms with Crippen molar-refractivity contribution in [2.24, 2.45) is 0 Å². The Labute approximate surface area is 513 Å². The van der Waals surface area contributed by atoms with Crippen LogP contribution in [-0.4, -0.2) is 142 Å². The normalized spacial score (nSPS) is 24.1. The molecule has 2 aliphatic rings. The van der Waals surface area contributed by atoms with E-state index in [2.05, 4.69) is 148 Å². The van der Waals surface area contributed by atoms with Gasteiger partial charge in [0.2, 0.25) is 0 Å². The number of unbranched alkanes of at least 4 members (excludes halogenated alkanes) is 16. The monoisotopic (exact) mass is 1190 g/mol. The summed E-state index contributed by atoms with van der Waals surface area (Å²) in [6.07, 6.45) is 63.7. The Balaban J connectivity index is 1.69. The summed E-state index contributed by atoms with van der Waals surface area (Å²) < 4.78 is 34.5. The van der Waals surface area contributed by atoms with E-state index in [-0.39, 0.29) is 19.6 Å². The third-order valence-corrected chi connectivity index (χ3v) is 14.7. The minimum atomic E-state index is -1.72. The van der Waals surface area contributed by atoms with Crippen molar-refractivity contribution in [1.82, 2.24) is 0 Å². The molecule has 85 heavy (non-hydrogen) atoms. The Morgan fingerprint density at radius 3 is 1.14 bits per heavy atom. The lowest BCUT2D eigenvalue weighted by atomic mass is 9.98. The van der Waals surface area contributed by atoms with Gasteiger partial charge in [-0.3, -0.25) is 4.79 Å². The number of carbonyl (C=O) groups is 1. The first-order valence-corrected chi connectivity index (χ1v) is 32.8. The van der Waals surface area contributed by atoms with Gasteiger partial charge in [-0.2, -0.15) is 0 Å². The fourth-order valence-corrected chi connectivity index (χ4v) is 9.49. The van der Waals surface area contributed by atoms with Gasteiger partial charge in [-0.15, -0.1) is 0 Å². The number of ether oxygens (including phenoxy) is 6. The van der Waals surface area contributed by atoms with Crippen molar-refractivity contribution in [2.45, 2.75) is 274 Å². The van der Waals surface area contributed by atoms with Gasteiger partial charge in [-0.05, 0) is 109 Å². The van der Waals surface area contributed by atoms with Crippen LogP contribution >= 0.6 is 0 Å². The topological polar surface area (TPSA) is 214 Å². The zero-order valence-corrected chi connectivity index (χ0v) is 52.3. The zero-order chi connectivity index (χ0) is 61.5. The van der Waals surface area contributed by atoms with Gasteiger partial charge in [0.25, 0.3) is 0 Å². The van der Waals surface area contributed by atoms with Crippen LogP contribution in [0.3, 0.4) is 0 Å². The molecule has 2 aliphatic heterocycles. The molecule has 0 bridgehead atoms. The van der Waals surface area contributed by atoms with Crippen molar-refractivity contribution in [3.8, 4) is 0 Å². The van der Waals surface area contributed by atoms with Crippen LogP contribution < -0.4 is 0 Å². The maximum absolute atomic E-state index is 13.1. The predicted molar refractivity (Wildman–Crippen MR) is 343 cm³/mol. The summed E-state index contributed by atoms with van der Waals surface area (Å²) in [5.41, 5.74) is 0. The Morgan fingerprint density at radius 2 is 0.729 bits per heavy atom. The molecule has 2 saturated heterocycles. The first kappa shape index (κ1) is 77.2. The van der Waals surface area contributed by atoms with E-state index < -0.39 is 86.7 Å². The summed E-state index contributed by atoms with van der Waals surface area (Å²) in [5.74, 6) is -0.412. The summed E-state index contributed by atoms with van der Waals surface area (Å²) >= 11 is 0. The SMILES string of the molecule is CC/C=C\C/C=C\C/C=C\C/C=C\C/C=C\C/C=C\C/C=C\CCCCCC(=O)OC(COCCCCCCCCCCCCCCC/C=C\C/C=C\C/C=C\C/C=C\CC)COC1OC(COC2OC(CO)C(O)C(O)C2O)C(O)C(O)C1O. The summed E-state index contributed by atoms with van der Waals surface area (Å²) in [6, 6.07) is 0. The van der Waals surface area contributed by atoms with Crippen LogP contribution in [0.4, 0.5) is 0 Å². The highest BCUT2D eigenvalue weighted by atomic mass is 16.7. The van der Waals surface area contributed by atoms with Gasteiger partial charge in [-0.25, -0.2) is 0 Å². The average Bonchev–Trinajstić information content (AvgIpc) is 3.68. The highest BCUT2D eigenvalue weighted by molar-refractivity contribution is 5.69. The van der Waals surface area contributed by atoms with Crippen molar-refractivity contribution in [1.29, 1.82) is 0 Å². The molecule has 2 fully saturated rings. The molecule has 0 aromatic carbocycles. The first-order chi connectivity index (χ1) is 41.6. The van der Waals surface area contributed by atoms with Crippen LogP contribution in [0.25, 0.3) is 0 Å². The first-order valence-electron chi connectivity index (χ1n) is 32.8. The van der Waals surface area contributed by atoms with Gasteiger partial charge in [-0.1, -0.05) is 225 Å². The second-order valence-electron chi connectivity index (χ2n) is 22.2. The highest BCUT2D eigenvalue weighted by Gasteiger charge is 2.47. The summed E-state index contributed by atoms with van der Waals surface area (Å²) in [4.78, 5) is 13.1. The van der Waals surface area contributed by atoms with Crippen molar-refractivity contribution < 1.29 is 69.0 Å². The molecule has 14 heteroatoms. The van der Waals surface area contributed by atoms with Crippen molar-refractivity contribution >= 4 is 5.97 Å². The molecular weight excluding hydrogens is 1080 g/mol. The van der Waals surface area contributed by atoms with Crippen LogP contribution in [0.1, 0.15) is 206 Å². The fraction of sp³-hybridized carbons (Fsp3) is 0.676. The highest BCUT2D eigenvalue weighted by Crippen LogP contribution is 2.27. The smallest absolute Gasteiger partial charge is 0.306 e. The Morgan fingerprint density at radius 1 is 0.388 bits per heavy atom. The number of esters is 1. The number of rotatable bonds is 52. The minimum absolute atomic E-state index is 0.0379. The largest absolute Gasteiger partial charge is 0.457 e. The number of carbonyl (C=O) groups excluding carboxylic acids is 1.